The van der Waals surface area contributed by atoms with Crippen LogP contribution < -0.4 is 10.6 Å². The fourth-order valence-electron chi connectivity index (χ4n) is 2.83. The maximum Gasteiger partial charge on any atom is 0.167 e. The van der Waals surface area contributed by atoms with E-state index in [1.165, 1.54) is 23.2 Å². The molecule has 124 valence electrons. The van der Waals surface area contributed by atoms with Crippen LogP contribution in [0.3, 0.4) is 0 Å². The largest absolute Gasteiger partial charge is 0.385 e. The molecule has 0 saturated heterocycles. The lowest BCUT2D eigenvalue weighted by Crippen LogP contribution is -2.40. The maximum atomic E-state index is 9.56. The molecule has 0 fully saturated rings. The molecule has 0 aliphatic carbocycles. The highest BCUT2D eigenvalue weighted by Crippen LogP contribution is 2.24. The second kappa shape index (κ2) is 7.44. The molecule has 1 aromatic rings. The van der Waals surface area contributed by atoms with Crippen LogP contribution >= 0.6 is 0 Å². The van der Waals surface area contributed by atoms with Gasteiger partial charge in [-0.25, -0.2) is 0 Å². The monoisotopic (exact) mass is 306 g/mol. The second-order valence-electron chi connectivity index (χ2n) is 7.52. The average Bonchev–Trinajstić information content (AvgIpc) is 2.45. The summed E-state index contributed by atoms with van der Waals surface area (Å²) in [7, 11) is 0. The summed E-state index contributed by atoms with van der Waals surface area (Å²) < 4.78 is 0. The summed E-state index contributed by atoms with van der Waals surface area (Å²) in [5, 5.41) is 25.8. The number of anilines is 1. The number of nitrogens with one attached hydrogen (secondary N) is 2. The molecule has 0 bridgehead atoms. The van der Waals surface area contributed by atoms with E-state index in [4.69, 9.17) is 0 Å². The highest BCUT2D eigenvalue weighted by atomic mass is 16.5. The lowest BCUT2D eigenvalue weighted by atomic mass is 9.88. The van der Waals surface area contributed by atoms with Crippen molar-refractivity contribution in [2.45, 2.75) is 65.3 Å². The zero-order chi connectivity index (χ0) is 16.2. The van der Waals surface area contributed by atoms with E-state index in [0.717, 1.165) is 25.8 Å². The number of aryl methyl sites for hydroxylation is 1. The molecule has 4 N–H and O–H groups in total. The summed E-state index contributed by atoms with van der Waals surface area (Å²) in [5.74, 6) is 0. The van der Waals surface area contributed by atoms with Gasteiger partial charge in [-0.1, -0.05) is 32.9 Å². The summed E-state index contributed by atoms with van der Waals surface area (Å²) in [6.45, 7) is 8.23. The van der Waals surface area contributed by atoms with Crippen molar-refractivity contribution in [3.63, 3.8) is 0 Å². The molecular weight excluding hydrogens is 276 g/mol. The predicted molar refractivity (Wildman–Crippen MR) is 90.8 cm³/mol. The van der Waals surface area contributed by atoms with Crippen LogP contribution in [-0.2, 0) is 13.0 Å². The zero-order valence-corrected chi connectivity index (χ0v) is 14.0. The van der Waals surface area contributed by atoms with E-state index in [9.17, 15) is 10.2 Å². The standard InChI is InChI=1S/C18H30N2O2/c1-18(2,3)9-8-16(17(21)22)20-12-13-6-7-15-14(11-13)5-4-10-19-15/h6-7,11,16-17,19-22H,4-5,8-10,12H2,1-3H3. The Labute approximate surface area is 133 Å². The molecule has 1 aromatic carbocycles. The quantitative estimate of drug-likeness (QED) is 0.610. The number of fused-ring (bicyclic) bond motifs is 1. The first-order valence-electron chi connectivity index (χ1n) is 8.30. The van der Waals surface area contributed by atoms with Gasteiger partial charge in [0.2, 0.25) is 0 Å². The molecule has 0 spiro atoms. The molecule has 4 heteroatoms. The third-order valence-corrected chi connectivity index (χ3v) is 4.24. The van der Waals surface area contributed by atoms with Crippen molar-refractivity contribution < 1.29 is 10.2 Å². The highest BCUT2D eigenvalue weighted by molar-refractivity contribution is 5.54. The summed E-state index contributed by atoms with van der Waals surface area (Å²) in [6.07, 6.45) is 2.69. The summed E-state index contributed by atoms with van der Waals surface area (Å²) >= 11 is 0. The van der Waals surface area contributed by atoms with E-state index >= 15 is 0 Å². The normalized spacial score (nSPS) is 16.3. The molecule has 1 aliphatic heterocycles. The Morgan fingerprint density at radius 1 is 1.27 bits per heavy atom. The molecule has 1 atom stereocenters. The molecule has 0 saturated carbocycles. The fraction of sp³-hybridized carbons (Fsp3) is 0.667. The number of hydrogen-bond donors (Lipinski definition) is 4. The topological polar surface area (TPSA) is 64.5 Å². The van der Waals surface area contributed by atoms with Crippen LogP contribution in [-0.4, -0.2) is 29.1 Å². The van der Waals surface area contributed by atoms with Crippen LogP contribution in [0, 0.1) is 5.41 Å². The number of rotatable bonds is 6. The van der Waals surface area contributed by atoms with Crippen LogP contribution in [0.5, 0.6) is 0 Å². The maximum absolute atomic E-state index is 9.56. The van der Waals surface area contributed by atoms with Gasteiger partial charge in [-0.05, 0) is 48.3 Å². The van der Waals surface area contributed by atoms with Crippen molar-refractivity contribution in [3.05, 3.63) is 29.3 Å². The van der Waals surface area contributed by atoms with Crippen molar-refractivity contribution in [1.82, 2.24) is 5.32 Å². The van der Waals surface area contributed by atoms with Crippen molar-refractivity contribution in [3.8, 4) is 0 Å². The van der Waals surface area contributed by atoms with Gasteiger partial charge in [0.15, 0.2) is 6.29 Å². The van der Waals surface area contributed by atoms with Gasteiger partial charge in [-0.2, -0.15) is 0 Å². The Kier molecular flexibility index (Phi) is 5.84. The van der Waals surface area contributed by atoms with E-state index in [1.807, 2.05) is 0 Å². The first-order chi connectivity index (χ1) is 10.3. The average molecular weight is 306 g/mol. The molecule has 22 heavy (non-hydrogen) atoms. The Hall–Kier alpha value is -1.10. The van der Waals surface area contributed by atoms with Crippen LogP contribution in [0.4, 0.5) is 5.69 Å². The Morgan fingerprint density at radius 2 is 2.05 bits per heavy atom. The first-order valence-corrected chi connectivity index (χ1v) is 8.30. The van der Waals surface area contributed by atoms with Gasteiger partial charge in [0.05, 0.1) is 6.04 Å². The van der Waals surface area contributed by atoms with E-state index in [2.05, 4.69) is 49.6 Å². The molecule has 2 rings (SSSR count). The zero-order valence-electron chi connectivity index (χ0n) is 14.0. The minimum Gasteiger partial charge on any atom is -0.385 e. The van der Waals surface area contributed by atoms with E-state index in [1.54, 1.807) is 0 Å². The van der Waals surface area contributed by atoms with Crippen molar-refractivity contribution >= 4 is 5.69 Å². The van der Waals surface area contributed by atoms with Crippen LogP contribution in [0.2, 0.25) is 0 Å². The molecule has 1 heterocycles. The Bertz CT molecular complexity index is 480. The highest BCUT2D eigenvalue weighted by Gasteiger charge is 2.20. The van der Waals surface area contributed by atoms with E-state index in [0.29, 0.717) is 6.54 Å². The molecule has 4 nitrogen and oxygen atoms in total. The number of aliphatic hydroxyl groups is 2. The van der Waals surface area contributed by atoms with E-state index < -0.39 is 6.29 Å². The third-order valence-electron chi connectivity index (χ3n) is 4.24. The first kappa shape index (κ1) is 17.3. The fourth-order valence-corrected chi connectivity index (χ4v) is 2.83. The van der Waals surface area contributed by atoms with Gasteiger partial charge in [-0.3, -0.25) is 0 Å². The SMILES string of the molecule is CC(C)(C)CCC(NCc1ccc2c(c1)CCCN2)C(O)O. The lowest BCUT2D eigenvalue weighted by Gasteiger charge is -2.25. The van der Waals surface area contributed by atoms with Crippen LogP contribution in [0.15, 0.2) is 18.2 Å². The lowest BCUT2D eigenvalue weighted by molar-refractivity contribution is -0.0708. The van der Waals surface area contributed by atoms with Gasteiger partial charge >= 0.3 is 0 Å². The molecule has 1 unspecified atom stereocenters. The summed E-state index contributed by atoms with van der Waals surface area (Å²) in [5.41, 5.74) is 4.00. The van der Waals surface area contributed by atoms with Gasteiger partial charge in [0.25, 0.3) is 0 Å². The van der Waals surface area contributed by atoms with Gasteiger partial charge in [0, 0.05) is 18.8 Å². The molecule has 0 radical (unpaired) electrons. The van der Waals surface area contributed by atoms with Crippen molar-refractivity contribution in [1.29, 1.82) is 0 Å². The van der Waals surface area contributed by atoms with Crippen LogP contribution in [0.25, 0.3) is 0 Å². The molecule has 0 aromatic heterocycles. The number of aliphatic hydroxyl groups excluding tert-OH is 1. The van der Waals surface area contributed by atoms with Crippen LogP contribution in [0.1, 0.15) is 51.2 Å². The number of hydrogen-bond acceptors (Lipinski definition) is 4. The minimum atomic E-state index is -1.32. The number of benzene rings is 1. The minimum absolute atomic E-state index is 0.201. The van der Waals surface area contributed by atoms with Crippen molar-refractivity contribution in [2.24, 2.45) is 5.41 Å². The van der Waals surface area contributed by atoms with Gasteiger partial charge in [0.1, 0.15) is 0 Å². The summed E-state index contributed by atoms with van der Waals surface area (Å²) in [4.78, 5) is 0. The second-order valence-corrected chi connectivity index (χ2v) is 7.52. The molecule has 1 aliphatic rings. The smallest absolute Gasteiger partial charge is 0.167 e. The molecular formula is C18H30N2O2. The van der Waals surface area contributed by atoms with Crippen molar-refractivity contribution in [2.75, 3.05) is 11.9 Å². The Morgan fingerprint density at radius 3 is 2.73 bits per heavy atom. The van der Waals surface area contributed by atoms with Gasteiger partial charge < -0.3 is 20.8 Å². The summed E-state index contributed by atoms with van der Waals surface area (Å²) in [6, 6.07) is 6.17. The molecule has 0 amide bonds. The van der Waals surface area contributed by atoms with E-state index in [-0.39, 0.29) is 11.5 Å². The third kappa shape index (κ3) is 5.27. The van der Waals surface area contributed by atoms with Gasteiger partial charge in [-0.15, -0.1) is 0 Å². The predicted octanol–water partition coefficient (Wildman–Crippen LogP) is 2.64. The Balaban J connectivity index is 1.91.